The lowest BCUT2D eigenvalue weighted by Gasteiger charge is -2.31. The molecule has 1 fully saturated rings. The molecule has 0 amide bonds. The Balaban J connectivity index is 2.17. The Hall–Kier alpha value is -1.09. The lowest BCUT2D eigenvalue weighted by atomic mass is 10.1. The summed E-state index contributed by atoms with van der Waals surface area (Å²) in [7, 11) is 0. The van der Waals surface area contributed by atoms with Crippen molar-refractivity contribution in [2.45, 2.75) is 52.6 Å². The Morgan fingerprint density at radius 1 is 1.35 bits per heavy atom. The van der Waals surface area contributed by atoms with E-state index in [2.05, 4.69) is 31.0 Å². The largest absolute Gasteiger partial charge is 0.369 e. The summed E-state index contributed by atoms with van der Waals surface area (Å²) >= 11 is 0. The van der Waals surface area contributed by atoms with Gasteiger partial charge in [-0.15, -0.1) is 0 Å². The highest BCUT2D eigenvalue weighted by Gasteiger charge is 2.26. The first kappa shape index (κ1) is 15.3. The van der Waals surface area contributed by atoms with Crippen LogP contribution in [0.2, 0.25) is 0 Å². The second kappa shape index (κ2) is 7.07. The summed E-state index contributed by atoms with van der Waals surface area (Å²) in [6.07, 6.45) is 3.78. The molecule has 0 saturated heterocycles. The predicted molar refractivity (Wildman–Crippen MR) is 83.6 cm³/mol. The van der Waals surface area contributed by atoms with Gasteiger partial charge in [0.25, 0.3) is 0 Å². The number of rotatable bonds is 8. The Morgan fingerprint density at radius 3 is 2.70 bits per heavy atom. The number of hydrogen-bond acceptors (Lipinski definition) is 2. The van der Waals surface area contributed by atoms with Crippen LogP contribution in [0, 0.1) is 11.7 Å². The van der Waals surface area contributed by atoms with Crippen LogP contribution in [0.15, 0.2) is 18.2 Å². The van der Waals surface area contributed by atoms with Crippen molar-refractivity contribution in [3.63, 3.8) is 0 Å². The molecule has 1 aliphatic rings. The van der Waals surface area contributed by atoms with Crippen molar-refractivity contribution in [2.24, 2.45) is 5.92 Å². The van der Waals surface area contributed by atoms with Crippen LogP contribution in [0.4, 0.5) is 10.1 Å². The van der Waals surface area contributed by atoms with E-state index in [1.54, 1.807) is 12.1 Å². The van der Waals surface area contributed by atoms with E-state index in [9.17, 15) is 4.39 Å². The normalized spacial score (nSPS) is 14.8. The number of nitrogens with one attached hydrogen (secondary N) is 1. The predicted octanol–water partition coefficient (Wildman–Crippen LogP) is 3.95. The van der Waals surface area contributed by atoms with E-state index in [-0.39, 0.29) is 5.82 Å². The van der Waals surface area contributed by atoms with E-state index < -0.39 is 0 Å². The summed E-state index contributed by atoms with van der Waals surface area (Å²) in [6, 6.07) is 5.66. The van der Waals surface area contributed by atoms with Gasteiger partial charge in [-0.3, -0.25) is 0 Å². The lowest BCUT2D eigenvalue weighted by Crippen LogP contribution is -2.34. The minimum atomic E-state index is -0.142. The molecule has 0 unspecified atom stereocenters. The Morgan fingerprint density at radius 2 is 2.10 bits per heavy atom. The number of benzene rings is 1. The highest BCUT2D eigenvalue weighted by Crippen LogP contribution is 2.33. The van der Waals surface area contributed by atoms with Crippen molar-refractivity contribution in [3.05, 3.63) is 29.6 Å². The van der Waals surface area contributed by atoms with E-state index in [4.69, 9.17) is 0 Å². The van der Waals surface area contributed by atoms with Crippen molar-refractivity contribution < 1.29 is 4.39 Å². The van der Waals surface area contributed by atoms with E-state index in [0.717, 1.165) is 37.5 Å². The maximum Gasteiger partial charge on any atom is 0.123 e. The molecule has 1 aliphatic carbocycles. The van der Waals surface area contributed by atoms with Gasteiger partial charge in [0.2, 0.25) is 0 Å². The molecule has 1 saturated carbocycles. The molecule has 1 aromatic rings. The first-order chi connectivity index (χ1) is 9.61. The van der Waals surface area contributed by atoms with Crippen LogP contribution >= 0.6 is 0 Å². The van der Waals surface area contributed by atoms with Crippen LogP contribution in [0.3, 0.4) is 0 Å². The molecule has 2 rings (SSSR count). The minimum Gasteiger partial charge on any atom is -0.369 e. The second-order valence-corrected chi connectivity index (χ2v) is 6.14. The fourth-order valence-electron chi connectivity index (χ4n) is 2.54. The monoisotopic (exact) mass is 278 g/mol. The average molecular weight is 278 g/mol. The van der Waals surface area contributed by atoms with Gasteiger partial charge < -0.3 is 10.2 Å². The molecule has 0 aromatic heterocycles. The van der Waals surface area contributed by atoms with Crippen LogP contribution in [-0.4, -0.2) is 19.1 Å². The number of anilines is 1. The third-order valence-electron chi connectivity index (χ3n) is 3.87. The van der Waals surface area contributed by atoms with Crippen molar-refractivity contribution in [3.8, 4) is 0 Å². The second-order valence-electron chi connectivity index (χ2n) is 6.14. The zero-order chi connectivity index (χ0) is 14.5. The van der Waals surface area contributed by atoms with Gasteiger partial charge in [-0.2, -0.15) is 0 Å². The molecule has 0 atom stereocenters. The molecule has 112 valence electrons. The third-order valence-corrected chi connectivity index (χ3v) is 3.87. The van der Waals surface area contributed by atoms with Gasteiger partial charge in [0.1, 0.15) is 5.82 Å². The zero-order valence-corrected chi connectivity index (χ0v) is 13.0. The maximum atomic E-state index is 13.5. The standard InChI is InChI=1S/C17H27FN2/c1-4-9-19-11-15-10-16(18)7-8-17(15)20(13(2)3)12-14-5-6-14/h7-8,10,13-14,19H,4-6,9,11-12H2,1-3H3. The average Bonchev–Trinajstić information content (AvgIpc) is 3.21. The smallest absolute Gasteiger partial charge is 0.123 e. The highest BCUT2D eigenvalue weighted by molar-refractivity contribution is 5.54. The molecule has 0 spiro atoms. The molecule has 2 nitrogen and oxygen atoms in total. The Bertz CT molecular complexity index is 427. The number of hydrogen-bond donors (Lipinski definition) is 1. The minimum absolute atomic E-state index is 0.142. The summed E-state index contributed by atoms with van der Waals surface area (Å²) in [5.74, 6) is 0.691. The Labute approximate surface area is 122 Å². The van der Waals surface area contributed by atoms with Gasteiger partial charge in [0.15, 0.2) is 0 Å². The van der Waals surface area contributed by atoms with Crippen LogP contribution in [-0.2, 0) is 6.54 Å². The summed E-state index contributed by atoms with van der Waals surface area (Å²) in [5, 5.41) is 3.39. The first-order valence-electron chi connectivity index (χ1n) is 7.87. The molecular weight excluding hydrogens is 251 g/mol. The van der Waals surface area contributed by atoms with Gasteiger partial charge in [-0.1, -0.05) is 6.92 Å². The van der Waals surface area contributed by atoms with Gasteiger partial charge >= 0.3 is 0 Å². The van der Waals surface area contributed by atoms with E-state index in [0.29, 0.717) is 6.04 Å². The summed E-state index contributed by atoms with van der Waals surface area (Å²) < 4.78 is 13.5. The number of halogens is 1. The molecular formula is C17H27FN2. The molecule has 1 aromatic carbocycles. The summed E-state index contributed by atoms with van der Waals surface area (Å²) in [5.41, 5.74) is 2.27. The molecule has 0 radical (unpaired) electrons. The van der Waals surface area contributed by atoms with Crippen LogP contribution in [0.1, 0.15) is 45.6 Å². The zero-order valence-electron chi connectivity index (χ0n) is 13.0. The van der Waals surface area contributed by atoms with Gasteiger partial charge in [-0.05, 0) is 69.3 Å². The quantitative estimate of drug-likeness (QED) is 0.724. The molecule has 1 N–H and O–H groups in total. The SMILES string of the molecule is CCCNCc1cc(F)ccc1N(CC1CC1)C(C)C. The van der Waals surface area contributed by atoms with E-state index in [1.807, 2.05) is 6.07 Å². The fraction of sp³-hybridized carbons (Fsp3) is 0.647. The van der Waals surface area contributed by atoms with Gasteiger partial charge in [0.05, 0.1) is 0 Å². The maximum absolute atomic E-state index is 13.5. The van der Waals surface area contributed by atoms with Crippen molar-refractivity contribution >= 4 is 5.69 Å². The van der Waals surface area contributed by atoms with Crippen LogP contribution < -0.4 is 10.2 Å². The van der Waals surface area contributed by atoms with Gasteiger partial charge in [-0.25, -0.2) is 4.39 Å². The third kappa shape index (κ3) is 4.20. The van der Waals surface area contributed by atoms with Crippen molar-refractivity contribution in [1.82, 2.24) is 5.32 Å². The van der Waals surface area contributed by atoms with Crippen LogP contribution in [0.5, 0.6) is 0 Å². The molecule has 20 heavy (non-hydrogen) atoms. The Kier molecular flexibility index (Phi) is 5.41. The van der Waals surface area contributed by atoms with E-state index >= 15 is 0 Å². The molecule has 0 bridgehead atoms. The molecule has 0 aliphatic heterocycles. The van der Waals surface area contributed by atoms with Gasteiger partial charge in [0, 0.05) is 24.8 Å². The fourth-order valence-corrected chi connectivity index (χ4v) is 2.54. The van der Waals surface area contributed by atoms with Crippen molar-refractivity contribution in [1.29, 1.82) is 0 Å². The highest BCUT2D eigenvalue weighted by atomic mass is 19.1. The summed E-state index contributed by atoms with van der Waals surface area (Å²) in [6.45, 7) is 9.40. The van der Waals surface area contributed by atoms with Crippen LogP contribution in [0.25, 0.3) is 0 Å². The summed E-state index contributed by atoms with van der Waals surface area (Å²) in [4.78, 5) is 2.43. The molecule has 0 heterocycles. The topological polar surface area (TPSA) is 15.3 Å². The lowest BCUT2D eigenvalue weighted by molar-refractivity contribution is 0.608. The van der Waals surface area contributed by atoms with E-state index in [1.165, 1.54) is 18.5 Å². The van der Waals surface area contributed by atoms with Crippen molar-refractivity contribution in [2.75, 3.05) is 18.0 Å². The molecule has 3 heteroatoms. The number of nitrogens with zero attached hydrogens (tertiary/aromatic N) is 1. The first-order valence-corrected chi connectivity index (χ1v) is 7.87.